The van der Waals surface area contributed by atoms with Crippen molar-refractivity contribution >= 4 is 17.5 Å². The molecule has 1 N–H and O–H groups in total. The molecule has 3 aromatic rings. The lowest BCUT2D eigenvalue weighted by atomic mass is 9.99. The van der Waals surface area contributed by atoms with E-state index in [1.54, 1.807) is 32.4 Å². The molecule has 0 saturated heterocycles. The molecule has 1 amide bonds. The molecule has 0 saturated carbocycles. The molecule has 0 aliphatic carbocycles. The number of rotatable bonds is 6. The van der Waals surface area contributed by atoms with Crippen molar-refractivity contribution in [1.29, 1.82) is 0 Å². The van der Waals surface area contributed by atoms with E-state index >= 15 is 0 Å². The number of fused-ring (bicyclic) bond motifs is 1. The summed E-state index contributed by atoms with van der Waals surface area (Å²) in [4.78, 5) is 12.2. The van der Waals surface area contributed by atoms with Gasteiger partial charge in [0.2, 0.25) is 0 Å². The van der Waals surface area contributed by atoms with Gasteiger partial charge in [-0.25, -0.2) is 13.2 Å². The van der Waals surface area contributed by atoms with Crippen LogP contribution in [0.15, 0.2) is 42.5 Å². The van der Waals surface area contributed by atoms with Crippen molar-refractivity contribution in [2.75, 3.05) is 20.8 Å². The van der Waals surface area contributed by atoms with E-state index in [1.807, 2.05) is 12.1 Å². The molecule has 33 heavy (non-hydrogen) atoms. The largest absolute Gasteiger partial charge is 0.497 e. The van der Waals surface area contributed by atoms with Gasteiger partial charge in [0.15, 0.2) is 11.6 Å². The minimum atomic E-state index is -1.54. The van der Waals surface area contributed by atoms with E-state index in [1.165, 1.54) is 0 Å². The van der Waals surface area contributed by atoms with Crippen LogP contribution in [0.5, 0.6) is 17.2 Å². The molecule has 0 fully saturated rings. The topological polar surface area (TPSA) is 56.8 Å². The average Bonchev–Trinajstić information content (AvgIpc) is 3.23. The zero-order valence-corrected chi connectivity index (χ0v) is 18.4. The van der Waals surface area contributed by atoms with Gasteiger partial charge in [-0.3, -0.25) is 4.79 Å². The molecule has 4 rings (SSSR count). The molecule has 0 aromatic heterocycles. The molecule has 1 heterocycles. The summed E-state index contributed by atoms with van der Waals surface area (Å²) in [5, 5.41) is 2.76. The average molecular weight is 478 g/mol. The SMILES string of the molecule is COc1ccc(OC)c(-c2cc(Cl)c3c(c2)C[C@@H](CNC(=O)c2c(F)ccc(F)c2F)O3)c1. The van der Waals surface area contributed by atoms with Gasteiger partial charge in [0.05, 0.1) is 25.8 Å². The predicted molar refractivity (Wildman–Crippen MR) is 117 cm³/mol. The summed E-state index contributed by atoms with van der Waals surface area (Å²) in [5.41, 5.74) is 1.38. The van der Waals surface area contributed by atoms with Crippen molar-refractivity contribution in [3.8, 4) is 28.4 Å². The standard InChI is InChI=1S/C24H19ClF3NO4/c1-31-14-3-6-20(32-2)16(10-14)12-7-13-8-15(33-23(13)17(25)9-12)11-29-24(30)21-18(26)4-5-19(27)22(21)28/h3-7,9-10,15H,8,11H2,1-2H3,(H,29,30)/t15-/m0/s1. The Balaban J connectivity index is 1.52. The first-order valence-corrected chi connectivity index (χ1v) is 10.3. The Morgan fingerprint density at radius 1 is 1.09 bits per heavy atom. The molecule has 0 radical (unpaired) electrons. The summed E-state index contributed by atoms with van der Waals surface area (Å²) in [7, 11) is 3.13. The lowest BCUT2D eigenvalue weighted by Gasteiger charge is -2.13. The Morgan fingerprint density at radius 3 is 2.58 bits per heavy atom. The van der Waals surface area contributed by atoms with Gasteiger partial charge in [-0.2, -0.15) is 0 Å². The maximum absolute atomic E-state index is 13.9. The fraction of sp³-hybridized carbons (Fsp3) is 0.208. The second kappa shape index (κ2) is 9.23. The summed E-state index contributed by atoms with van der Waals surface area (Å²) in [6, 6.07) is 10.3. The van der Waals surface area contributed by atoms with Gasteiger partial charge >= 0.3 is 0 Å². The third-order valence-corrected chi connectivity index (χ3v) is 5.61. The van der Waals surface area contributed by atoms with Gasteiger partial charge in [-0.1, -0.05) is 11.6 Å². The lowest BCUT2D eigenvalue weighted by molar-refractivity contribution is 0.0924. The number of carbonyl (C=O) groups is 1. The van der Waals surface area contributed by atoms with Gasteiger partial charge in [0.1, 0.15) is 34.7 Å². The summed E-state index contributed by atoms with van der Waals surface area (Å²) >= 11 is 6.45. The molecule has 1 aliphatic rings. The molecular weight excluding hydrogens is 459 g/mol. The smallest absolute Gasteiger partial charge is 0.257 e. The van der Waals surface area contributed by atoms with Crippen LogP contribution in [0.25, 0.3) is 11.1 Å². The van der Waals surface area contributed by atoms with Crippen molar-refractivity contribution in [3.05, 3.63) is 76.1 Å². The Kier molecular flexibility index (Phi) is 6.37. The molecule has 1 aliphatic heterocycles. The normalized spacial score (nSPS) is 14.4. The van der Waals surface area contributed by atoms with E-state index in [0.717, 1.165) is 16.7 Å². The van der Waals surface area contributed by atoms with Crippen LogP contribution in [0.3, 0.4) is 0 Å². The Labute approximate surface area is 193 Å². The van der Waals surface area contributed by atoms with Crippen LogP contribution >= 0.6 is 11.6 Å². The third kappa shape index (κ3) is 4.43. The molecule has 0 bridgehead atoms. The zero-order valence-electron chi connectivity index (χ0n) is 17.7. The Hall–Kier alpha value is -3.39. The highest BCUT2D eigenvalue weighted by Gasteiger charge is 2.28. The Morgan fingerprint density at radius 2 is 1.85 bits per heavy atom. The summed E-state index contributed by atoms with van der Waals surface area (Å²) in [5.74, 6) is -3.32. The van der Waals surface area contributed by atoms with Crippen molar-refractivity contribution in [3.63, 3.8) is 0 Å². The van der Waals surface area contributed by atoms with Crippen LogP contribution in [0.4, 0.5) is 13.2 Å². The molecule has 172 valence electrons. The first kappa shape index (κ1) is 22.8. The maximum atomic E-state index is 13.9. The van der Waals surface area contributed by atoms with Crippen LogP contribution in [0.1, 0.15) is 15.9 Å². The fourth-order valence-electron chi connectivity index (χ4n) is 3.73. The highest BCUT2D eigenvalue weighted by molar-refractivity contribution is 6.32. The van der Waals surface area contributed by atoms with E-state index in [9.17, 15) is 18.0 Å². The van der Waals surface area contributed by atoms with Crippen molar-refractivity contribution in [2.24, 2.45) is 0 Å². The van der Waals surface area contributed by atoms with Gasteiger partial charge in [0, 0.05) is 17.5 Å². The van der Waals surface area contributed by atoms with Crippen molar-refractivity contribution in [1.82, 2.24) is 5.32 Å². The monoisotopic (exact) mass is 477 g/mol. The number of carbonyl (C=O) groups excluding carboxylic acids is 1. The molecule has 0 unspecified atom stereocenters. The first-order chi connectivity index (χ1) is 15.8. The van der Waals surface area contributed by atoms with Gasteiger partial charge in [-0.15, -0.1) is 0 Å². The second-order valence-electron chi connectivity index (χ2n) is 7.38. The van der Waals surface area contributed by atoms with Crippen LogP contribution in [-0.2, 0) is 6.42 Å². The number of halogens is 4. The molecular formula is C24H19ClF3NO4. The molecule has 5 nitrogen and oxygen atoms in total. The molecule has 3 aromatic carbocycles. The minimum Gasteiger partial charge on any atom is -0.497 e. The number of ether oxygens (including phenoxy) is 3. The number of hydrogen-bond donors (Lipinski definition) is 1. The van der Waals surface area contributed by atoms with E-state index < -0.39 is 35.0 Å². The Bertz CT molecular complexity index is 1230. The van der Waals surface area contributed by atoms with Crippen LogP contribution < -0.4 is 19.5 Å². The summed E-state index contributed by atoms with van der Waals surface area (Å²) in [6.07, 6.45) is -0.132. The van der Waals surface area contributed by atoms with E-state index in [-0.39, 0.29) is 6.54 Å². The fourth-order valence-corrected chi connectivity index (χ4v) is 4.01. The van der Waals surface area contributed by atoms with Crippen LogP contribution in [-0.4, -0.2) is 32.8 Å². The van der Waals surface area contributed by atoms with Crippen LogP contribution in [0, 0.1) is 17.5 Å². The van der Waals surface area contributed by atoms with E-state index in [4.69, 9.17) is 25.8 Å². The predicted octanol–water partition coefficient (Wildman–Crippen LogP) is 5.18. The highest BCUT2D eigenvalue weighted by atomic mass is 35.5. The van der Waals surface area contributed by atoms with Crippen molar-refractivity contribution in [2.45, 2.75) is 12.5 Å². The number of benzene rings is 3. The first-order valence-electron chi connectivity index (χ1n) is 9.95. The van der Waals surface area contributed by atoms with Crippen LogP contribution in [0.2, 0.25) is 5.02 Å². The van der Waals surface area contributed by atoms with Crippen molar-refractivity contribution < 1.29 is 32.2 Å². The number of hydrogen-bond acceptors (Lipinski definition) is 4. The number of nitrogens with one attached hydrogen (secondary N) is 1. The molecule has 1 atom stereocenters. The minimum absolute atomic E-state index is 0.0585. The highest BCUT2D eigenvalue weighted by Crippen LogP contribution is 2.42. The quantitative estimate of drug-likeness (QED) is 0.497. The molecule has 0 spiro atoms. The third-order valence-electron chi connectivity index (χ3n) is 5.33. The van der Waals surface area contributed by atoms with E-state index in [2.05, 4.69) is 5.32 Å². The lowest BCUT2D eigenvalue weighted by Crippen LogP contribution is -2.35. The second-order valence-corrected chi connectivity index (χ2v) is 7.79. The van der Waals surface area contributed by atoms with Gasteiger partial charge in [0.25, 0.3) is 5.91 Å². The van der Waals surface area contributed by atoms with Gasteiger partial charge in [-0.05, 0) is 48.0 Å². The zero-order chi connectivity index (χ0) is 23.7. The van der Waals surface area contributed by atoms with E-state index in [0.29, 0.717) is 40.8 Å². The van der Waals surface area contributed by atoms with Gasteiger partial charge < -0.3 is 19.5 Å². The summed E-state index contributed by atoms with van der Waals surface area (Å²) < 4.78 is 57.7. The molecule has 9 heteroatoms. The summed E-state index contributed by atoms with van der Waals surface area (Å²) in [6.45, 7) is -0.0585. The number of amides is 1. The number of methoxy groups -OCH3 is 2. The maximum Gasteiger partial charge on any atom is 0.257 e.